The fraction of sp³-hybridized carbons (Fsp3) is 1.00. The van der Waals surface area contributed by atoms with Gasteiger partial charge < -0.3 is 4.89 Å². The van der Waals surface area contributed by atoms with Crippen LogP contribution < -0.4 is 0 Å². The Balaban J connectivity index is 2.84. The summed E-state index contributed by atoms with van der Waals surface area (Å²) in [6, 6.07) is 0. The summed E-state index contributed by atoms with van der Waals surface area (Å²) in [7, 11) is -3.63. The third kappa shape index (κ3) is 5.77. The Bertz CT molecular complexity index is 347. The molecule has 0 aromatic heterocycles. The van der Waals surface area contributed by atoms with Crippen molar-refractivity contribution >= 4 is 31.6 Å². The minimum atomic E-state index is -4.69. The lowest BCUT2D eigenvalue weighted by Gasteiger charge is -2.38. The molecule has 114 valence electrons. The fourth-order valence-corrected chi connectivity index (χ4v) is 7.09. The highest BCUT2D eigenvalue weighted by molar-refractivity contribution is 8.24. The predicted molar refractivity (Wildman–Crippen MR) is 63.7 cm³/mol. The first-order valence-electron chi connectivity index (χ1n) is 5.12. The van der Waals surface area contributed by atoms with Crippen molar-refractivity contribution in [2.45, 2.75) is 40.7 Å². The van der Waals surface area contributed by atoms with Gasteiger partial charge in [-0.2, -0.15) is 26.3 Å². The molecule has 1 rings (SSSR count). The van der Waals surface area contributed by atoms with E-state index in [9.17, 15) is 30.9 Å². The van der Waals surface area contributed by atoms with E-state index in [1.54, 1.807) is 0 Å². The summed E-state index contributed by atoms with van der Waals surface area (Å²) < 4.78 is 83.2. The molecule has 0 aliphatic carbocycles. The molecule has 1 saturated heterocycles. The van der Waals surface area contributed by atoms with E-state index in [4.69, 9.17) is 4.89 Å². The Hall–Kier alpha value is 0.470. The molecular weight excluding hydrogens is 337 g/mol. The zero-order valence-electron chi connectivity index (χ0n) is 9.35. The number of hydrogen-bond donors (Lipinski definition) is 1. The van der Waals surface area contributed by atoms with Crippen LogP contribution in [0.15, 0.2) is 0 Å². The van der Waals surface area contributed by atoms with Gasteiger partial charge in [-0.1, -0.05) is 0 Å². The average molecular weight is 348 g/mol. The van der Waals surface area contributed by atoms with Crippen LogP contribution in [0, 0.1) is 0 Å². The van der Waals surface area contributed by atoms with Gasteiger partial charge >= 0.3 is 12.4 Å². The van der Waals surface area contributed by atoms with Gasteiger partial charge in [-0.3, -0.25) is 4.57 Å². The van der Waals surface area contributed by atoms with Crippen LogP contribution in [0.25, 0.3) is 0 Å². The molecule has 19 heavy (non-hydrogen) atoms. The van der Waals surface area contributed by atoms with Crippen molar-refractivity contribution in [2.75, 3.05) is 5.75 Å². The van der Waals surface area contributed by atoms with Crippen molar-refractivity contribution in [2.24, 2.45) is 0 Å². The van der Waals surface area contributed by atoms with E-state index in [1.807, 2.05) is 0 Å². The second kappa shape index (κ2) is 6.07. The van der Waals surface area contributed by atoms with Gasteiger partial charge in [0.15, 0.2) is 0 Å². The fourth-order valence-electron chi connectivity index (χ4n) is 1.66. The van der Waals surface area contributed by atoms with E-state index < -0.39 is 42.3 Å². The standard InChI is InChI=1S/C8H11F6O2PS2/c9-6(10,11)3-5-1-2-18-8(19-5,17(15)16)4-7(12,13)14/h5,17H,1-4H2,(H,15,16). The third-order valence-electron chi connectivity index (χ3n) is 2.35. The van der Waals surface area contributed by atoms with Crippen LogP contribution in [-0.4, -0.2) is 32.1 Å². The van der Waals surface area contributed by atoms with E-state index in [1.165, 1.54) is 0 Å². The molecule has 3 atom stereocenters. The van der Waals surface area contributed by atoms with Gasteiger partial charge in [0.1, 0.15) is 3.82 Å². The van der Waals surface area contributed by atoms with Gasteiger partial charge in [0, 0.05) is 5.25 Å². The molecule has 0 aromatic rings. The number of thioether (sulfide) groups is 2. The molecule has 0 aromatic carbocycles. The highest BCUT2D eigenvalue weighted by atomic mass is 32.2. The molecule has 0 bridgehead atoms. The van der Waals surface area contributed by atoms with Crippen molar-refractivity contribution in [1.29, 1.82) is 0 Å². The molecule has 0 amide bonds. The van der Waals surface area contributed by atoms with Crippen LogP contribution in [-0.2, 0) is 4.57 Å². The summed E-state index contributed by atoms with van der Waals surface area (Å²) in [6.07, 6.45) is -11.9. The molecule has 1 fully saturated rings. The zero-order valence-corrected chi connectivity index (χ0v) is 12.0. The van der Waals surface area contributed by atoms with Gasteiger partial charge in [-0.05, 0) is 12.2 Å². The Morgan fingerprint density at radius 3 is 2.21 bits per heavy atom. The second-order valence-corrected chi connectivity index (χ2v) is 9.49. The Morgan fingerprint density at radius 1 is 1.21 bits per heavy atom. The maximum atomic E-state index is 12.4. The molecule has 0 saturated carbocycles. The van der Waals surface area contributed by atoms with E-state index in [-0.39, 0.29) is 12.2 Å². The van der Waals surface area contributed by atoms with Crippen LogP contribution >= 0.6 is 31.6 Å². The summed E-state index contributed by atoms with van der Waals surface area (Å²) >= 11 is 0.980. The summed E-state index contributed by atoms with van der Waals surface area (Å²) in [6.45, 7) is 0. The molecule has 1 heterocycles. The second-order valence-electron chi connectivity index (χ2n) is 4.05. The summed E-state index contributed by atoms with van der Waals surface area (Å²) in [5.74, 6) is 0.0147. The van der Waals surface area contributed by atoms with E-state index >= 15 is 0 Å². The number of alkyl halides is 6. The van der Waals surface area contributed by atoms with E-state index in [0.29, 0.717) is 23.5 Å². The smallest absolute Gasteiger partial charge is 0.345 e. The first-order valence-corrected chi connectivity index (χ1v) is 8.34. The van der Waals surface area contributed by atoms with E-state index in [2.05, 4.69) is 0 Å². The lowest BCUT2D eigenvalue weighted by molar-refractivity contribution is -0.134. The zero-order chi connectivity index (χ0) is 14.9. The van der Waals surface area contributed by atoms with Crippen molar-refractivity contribution in [3.05, 3.63) is 0 Å². The van der Waals surface area contributed by atoms with Gasteiger partial charge in [0.2, 0.25) is 8.03 Å². The van der Waals surface area contributed by atoms with Gasteiger partial charge in [0.25, 0.3) is 0 Å². The van der Waals surface area contributed by atoms with Crippen LogP contribution in [0.4, 0.5) is 26.3 Å². The quantitative estimate of drug-likeness (QED) is 0.611. The summed E-state index contributed by atoms with van der Waals surface area (Å²) in [5, 5.41) is -1.11. The molecule has 3 unspecified atom stereocenters. The molecule has 0 radical (unpaired) electrons. The SMILES string of the molecule is O=[PH](O)C1(CC(F)(F)F)SCCC(CC(F)(F)F)S1. The van der Waals surface area contributed by atoms with Crippen LogP contribution in [0.1, 0.15) is 19.3 Å². The maximum Gasteiger partial charge on any atom is 0.391 e. The lowest BCUT2D eigenvalue weighted by atomic mass is 10.2. The molecule has 0 spiro atoms. The van der Waals surface area contributed by atoms with Crippen molar-refractivity contribution in [3.63, 3.8) is 0 Å². The summed E-state index contributed by atoms with van der Waals surface area (Å²) in [5.41, 5.74) is 0. The highest BCUT2D eigenvalue weighted by Gasteiger charge is 2.51. The van der Waals surface area contributed by atoms with Crippen molar-refractivity contribution in [3.8, 4) is 0 Å². The van der Waals surface area contributed by atoms with Gasteiger partial charge in [-0.25, -0.2) is 0 Å². The Labute approximate surface area is 114 Å². The minimum Gasteiger partial charge on any atom is -0.345 e. The molecule has 2 nitrogen and oxygen atoms in total. The Kier molecular flexibility index (Phi) is 5.60. The number of rotatable bonds is 3. The van der Waals surface area contributed by atoms with Crippen molar-refractivity contribution in [1.82, 2.24) is 0 Å². The topological polar surface area (TPSA) is 37.3 Å². The molecule has 11 heteroatoms. The highest BCUT2D eigenvalue weighted by Crippen LogP contribution is 2.63. The number of halogens is 6. The lowest BCUT2D eigenvalue weighted by Crippen LogP contribution is -2.33. The average Bonchev–Trinajstić information content (AvgIpc) is 2.11. The van der Waals surface area contributed by atoms with Crippen LogP contribution in [0.2, 0.25) is 0 Å². The van der Waals surface area contributed by atoms with Gasteiger partial charge in [0.05, 0.1) is 12.8 Å². The van der Waals surface area contributed by atoms with Crippen molar-refractivity contribution < 1.29 is 35.8 Å². The molecule has 1 aliphatic heterocycles. The molecular formula is C8H11F6O2PS2. The summed E-state index contributed by atoms with van der Waals surface area (Å²) in [4.78, 5) is 9.13. The molecule has 1 aliphatic rings. The largest absolute Gasteiger partial charge is 0.391 e. The Morgan fingerprint density at radius 2 is 1.79 bits per heavy atom. The monoisotopic (exact) mass is 348 g/mol. The van der Waals surface area contributed by atoms with Crippen LogP contribution in [0.5, 0.6) is 0 Å². The first-order chi connectivity index (χ1) is 8.44. The van der Waals surface area contributed by atoms with E-state index in [0.717, 1.165) is 0 Å². The minimum absolute atomic E-state index is 0.0147. The van der Waals surface area contributed by atoms with Gasteiger partial charge in [-0.15, -0.1) is 23.5 Å². The maximum absolute atomic E-state index is 12.4. The third-order valence-corrected chi connectivity index (χ3v) is 7.97. The molecule has 1 N–H and O–H groups in total. The normalized spacial score (nSPS) is 31.2. The first kappa shape index (κ1) is 17.5. The number of hydrogen-bond acceptors (Lipinski definition) is 3. The predicted octanol–water partition coefficient (Wildman–Crippen LogP) is 4.25. The van der Waals surface area contributed by atoms with Crippen LogP contribution in [0.3, 0.4) is 0 Å².